The number of alkyl halides is 4. The number of nitrogens with zero attached hydrogens (tertiary/aromatic N) is 2. The van der Waals surface area contributed by atoms with Gasteiger partial charge in [0.25, 0.3) is 0 Å². The van der Waals surface area contributed by atoms with Crippen LogP contribution in [-0.2, 0) is 0 Å². The molecule has 12 heteroatoms. The molecule has 6 nitrogen and oxygen atoms in total. The van der Waals surface area contributed by atoms with Gasteiger partial charge in [-0.1, -0.05) is 0 Å². The average molecular weight is 503 g/mol. The van der Waals surface area contributed by atoms with Crippen molar-refractivity contribution in [2.75, 3.05) is 62.8 Å². The lowest BCUT2D eigenvalue weighted by Gasteiger charge is -2.32. The van der Waals surface area contributed by atoms with Gasteiger partial charge in [-0.05, 0) is 0 Å². The Labute approximate surface area is 188 Å². The molecule has 0 saturated carbocycles. The minimum atomic E-state index is -1.50. The molecular weight excluding hydrogens is 473 g/mol. The van der Waals surface area contributed by atoms with E-state index in [2.05, 4.69) is 0 Å². The molecule has 162 valence electrons. The molecule has 4 atom stereocenters. The van der Waals surface area contributed by atoms with Gasteiger partial charge in [0, 0.05) is 62.8 Å². The summed E-state index contributed by atoms with van der Waals surface area (Å²) in [5, 5.41) is 40.4. The second-order valence-electron chi connectivity index (χ2n) is 5.47. The summed E-state index contributed by atoms with van der Waals surface area (Å²) < 4.78 is 0. The standard InChI is InChI=1S/C14H28Cl4N2O4.2ClH/c15-1-5-19(6-2-16)9-11(21)13(23)14(24)12(22)10-20(7-3-17)8-4-18;;/h11-14,21-24H,1-10H2;2*1H/t11-,12-,13-,14-;;/m1../s1. The van der Waals surface area contributed by atoms with Crippen molar-refractivity contribution in [2.24, 2.45) is 0 Å². The molecule has 0 saturated heterocycles. The van der Waals surface area contributed by atoms with Gasteiger partial charge in [-0.3, -0.25) is 9.80 Å². The van der Waals surface area contributed by atoms with E-state index in [0.29, 0.717) is 49.7 Å². The van der Waals surface area contributed by atoms with Crippen molar-refractivity contribution in [1.29, 1.82) is 0 Å². The smallest absolute Gasteiger partial charge is 0.110 e. The highest BCUT2D eigenvalue weighted by Crippen LogP contribution is 2.09. The molecule has 0 radical (unpaired) electrons. The molecule has 0 aromatic heterocycles. The predicted octanol–water partition coefficient (Wildman–Crippen LogP) is 0.833. The Hall–Kier alpha value is 1.50. The SMILES string of the molecule is Cl.Cl.O[C@@H]([C@H](O)[C@H](O)CN(CCCl)CCCl)[C@H](O)CN(CCCl)CCCl. The maximum absolute atomic E-state index is 10.1. The van der Waals surface area contributed by atoms with Crippen LogP contribution in [0.5, 0.6) is 0 Å². The molecule has 26 heavy (non-hydrogen) atoms. The van der Waals surface area contributed by atoms with Gasteiger partial charge >= 0.3 is 0 Å². The topological polar surface area (TPSA) is 87.4 Å². The lowest BCUT2D eigenvalue weighted by Crippen LogP contribution is -2.52. The summed E-state index contributed by atoms with van der Waals surface area (Å²) in [6.07, 6.45) is -5.48. The van der Waals surface area contributed by atoms with Crippen LogP contribution < -0.4 is 0 Å². The molecule has 0 aliphatic rings. The second-order valence-corrected chi connectivity index (χ2v) is 6.98. The third-order valence-electron chi connectivity index (χ3n) is 3.63. The number of aliphatic hydroxyl groups is 4. The van der Waals surface area contributed by atoms with Crippen molar-refractivity contribution in [3.8, 4) is 0 Å². The van der Waals surface area contributed by atoms with Crippen molar-refractivity contribution < 1.29 is 20.4 Å². The fourth-order valence-electron chi connectivity index (χ4n) is 2.27. The van der Waals surface area contributed by atoms with Crippen molar-refractivity contribution in [2.45, 2.75) is 24.4 Å². The van der Waals surface area contributed by atoms with Crippen molar-refractivity contribution >= 4 is 71.2 Å². The lowest BCUT2D eigenvalue weighted by atomic mass is 10.0. The first kappa shape index (κ1) is 32.2. The van der Waals surface area contributed by atoms with Crippen LogP contribution in [0.1, 0.15) is 0 Å². The maximum Gasteiger partial charge on any atom is 0.110 e. The van der Waals surface area contributed by atoms with Crippen LogP contribution in [0.25, 0.3) is 0 Å². The summed E-state index contributed by atoms with van der Waals surface area (Å²) in [5.41, 5.74) is 0. The molecule has 0 heterocycles. The van der Waals surface area contributed by atoms with Crippen LogP contribution in [0.3, 0.4) is 0 Å². The molecule has 0 bridgehead atoms. The van der Waals surface area contributed by atoms with E-state index in [1.165, 1.54) is 0 Å². The van der Waals surface area contributed by atoms with E-state index in [4.69, 9.17) is 46.4 Å². The monoisotopic (exact) mass is 500 g/mol. The quantitative estimate of drug-likeness (QED) is 0.248. The molecular formula is C14H30Cl6N2O4. The summed E-state index contributed by atoms with van der Waals surface area (Å²) in [5.74, 6) is 1.43. The van der Waals surface area contributed by atoms with E-state index in [-0.39, 0.29) is 37.9 Å². The van der Waals surface area contributed by atoms with Gasteiger partial charge in [0.15, 0.2) is 0 Å². The summed E-state index contributed by atoms with van der Waals surface area (Å²) in [6, 6.07) is 0. The zero-order valence-corrected chi connectivity index (χ0v) is 19.0. The van der Waals surface area contributed by atoms with E-state index in [1.807, 2.05) is 0 Å². The molecule has 0 amide bonds. The fourth-order valence-corrected chi connectivity index (χ4v) is 3.22. The predicted molar refractivity (Wildman–Crippen MR) is 114 cm³/mol. The highest BCUT2D eigenvalue weighted by atomic mass is 35.5. The molecule has 0 rings (SSSR count). The number of hydrogen-bond donors (Lipinski definition) is 4. The van der Waals surface area contributed by atoms with Crippen LogP contribution in [0.2, 0.25) is 0 Å². The van der Waals surface area contributed by atoms with Gasteiger partial charge in [-0.25, -0.2) is 0 Å². The van der Waals surface area contributed by atoms with Crippen molar-refractivity contribution in [3.05, 3.63) is 0 Å². The van der Waals surface area contributed by atoms with E-state index < -0.39 is 24.4 Å². The summed E-state index contributed by atoms with van der Waals surface area (Å²) in [6.45, 7) is 2.17. The first-order valence-electron chi connectivity index (χ1n) is 7.82. The van der Waals surface area contributed by atoms with Crippen LogP contribution in [0.4, 0.5) is 0 Å². The first-order chi connectivity index (χ1) is 11.4. The van der Waals surface area contributed by atoms with Gasteiger partial charge in [-0.2, -0.15) is 0 Å². The Kier molecular flexibility index (Phi) is 24.5. The molecule has 0 aliphatic heterocycles. The van der Waals surface area contributed by atoms with Gasteiger partial charge in [0.2, 0.25) is 0 Å². The fraction of sp³-hybridized carbons (Fsp3) is 1.00. The molecule has 0 aliphatic carbocycles. The van der Waals surface area contributed by atoms with Gasteiger partial charge in [0.1, 0.15) is 12.2 Å². The Bertz CT molecular complexity index is 273. The van der Waals surface area contributed by atoms with Gasteiger partial charge < -0.3 is 20.4 Å². The highest BCUT2D eigenvalue weighted by Gasteiger charge is 2.32. The van der Waals surface area contributed by atoms with Gasteiger partial charge in [-0.15, -0.1) is 71.2 Å². The summed E-state index contributed by atoms with van der Waals surface area (Å²) in [4.78, 5) is 3.56. The molecule has 0 unspecified atom stereocenters. The third-order valence-corrected chi connectivity index (χ3v) is 4.31. The molecule has 0 aromatic rings. The summed E-state index contributed by atoms with van der Waals surface area (Å²) in [7, 11) is 0. The van der Waals surface area contributed by atoms with E-state index in [9.17, 15) is 20.4 Å². The molecule has 0 aromatic carbocycles. The van der Waals surface area contributed by atoms with E-state index in [1.54, 1.807) is 9.80 Å². The lowest BCUT2D eigenvalue weighted by molar-refractivity contribution is -0.114. The minimum Gasteiger partial charge on any atom is -0.389 e. The molecule has 4 N–H and O–H groups in total. The molecule has 0 fully saturated rings. The zero-order chi connectivity index (χ0) is 18.5. The number of rotatable bonds is 15. The summed E-state index contributed by atoms with van der Waals surface area (Å²) >= 11 is 22.7. The normalized spacial score (nSPS) is 15.9. The van der Waals surface area contributed by atoms with Crippen molar-refractivity contribution in [3.63, 3.8) is 0 Å². The minimum absolute atomic E-state index is 0. The Balaban J connectivity index is -0.00000264. The Morgan fingerprint density at radius 2 is 0.769 bits per heavy atom. The third kappa shape index (κ3) is 13.6. The highest BCUT2D eigenvalue weighted by molar-refractivity contribution is 6.18. The van der Waals surface area contributed by atoms with Crippen LogP contribution in [0.15, 0.2) is 0 Å². The maximum atomic E-state index is 10.1. The number of aliphatic hydroxyl groups excluding tert-OH is 4. The van der Waals surface area contributed by atoms with Crippen LogP contribution in [-0.4, -0.2) is 117 Å². The van der Waals surface area contributed by atoms with Crippen LogP contribution >= 0.6 is 71.2 Å². The van der Waals surface area contributed by atoms with Crippen LogP contribution in [0, 0.1) is 0 Å². The number of halogens is 6. The van der Waals surface area contributed by atoms with E-state index in [0.717, 1.165) is 0 Å². The largest absolute Gasteiger partial charge is 0.389 e. The zero-order valence-electron chi connectivity index (χ0n) is 14.4. The van der Waals surface area contributed by atoms with Crippen molar-refractivity contribution in [1.82, 2.24) is 9.80 Å². The Morgan fingerprint density at radius 3 is 0.962 bits per heavy atom. The Morgan fingerprint density at radius 1 is 0.538 bits per heavy atom. The number of hydrogen-bond acceptors (Lipinski definition) is 6. The first-order valence-corrected chi connectivity index (χ1v) is 9.95. The second kappa shape index (κ2) is 19.8. The van der Waals surface area contributed by atoms with E-state index >= 15 is 0 Å². The molecule has 0 spiro atoms. The average Bonchev–Trinajstić information content (AvgIpc) is 2.54. The van der Waals surface area contributed by atoms with Gasteiger partial charge in [0.05, 0.1) is 12.2 Å².